The van der Waals surface area contributed by atoms with Crippen molar-refractivity contribution >= 4 is 0 Å². The molecule has 0 saturated heterocycles. The van der Waals surface area contributed by atoms with E-state index in [0.717, 1.165) is 6.07 Å². The average molecular weight is 257 g/mol. The molecule has 1 N–H and O–H groups in total. The Morgan fingerprint density at radius 1 is 1.33 bits per heavy atom. The molecule has 0 radical (unpaired) electrons. The second-order valence-corrected chi connectivity index (χ2v) is 4.79. The number of likely N-dealkylation sites (N-methyl/N-ethyl adjacent to an activating group) is 1. The van der Waals surface area contributed by atoms with Crippen LogP contribution in [0.4, 0.5) is 8.78 Å². The molecule has 102 valence electrons. The SMILES string of the molecule is CCOC(C)(C)C(Cc1cccc(F)c1F)NC. The molecule has 1 rings (SSSR count). The summed E-state index contributed by atoms with van der Waals surface area (Å²) in [4.78, 5) is 0. The standard InChI is InChI=1S/C14H21F2NO/c1-5-18-14(2,3)12(17-4)9-10-7-6-8-11(15)13(10)16/h6-8,12,17H,5,9H2,1-4H3. The summed E-state index contributed by atoms with van der Waals surface area (Å²) in [5, 5.41) is 3.11. The van der Waals surface area contributed by atoms with E-state index in [1.54, 1.807) is 13.1 Å². The molecule has 2 nitrogen and oxygen atoms in total. The van der Waals surface area contributed by atoms with Gasteiger partial charge in [0, 0.05) is 12.6 Å². The first kappa shape index (κ1) is 15.1. The van der Waals surface area contributed by atoms with Crippen LogP contribution in [0.5, 0.6) is 0 Å². The van der Waals surface area contributed by atoms with Crippen molar-refractivity contribution in [3.8, 4) is 0 Å². The van der Waals surface area contributed by atoms with E-state index in [2.05, 4.69) is 5.32 Å². The van der Waals surface area contributed by atoms with Crippen LogP contribution in [0, 0.1) is 11.6 Å². The molecular formula is C14H21F2NO. The van der Waals surface area contributed by atoms with Crippen LogP contribution in [-0.4, -0.2) is 25.3 Å². The highest BCUT2D eigenvalue weighted by atomic mass is 19.2. The minimum Gasteiger partial charge on any atom is -0.374 e. The fourth-order valence-electron chi connectivity index (χ4n) is 2.09. The van der Waals surface area contributed by atoms with E-state index in [0.29, 0.717) is 18.6 Å². The number of hydrogen-bond donors (Lipinski definition) is 1. The average Bonchev–Trinajstić information content (AvgIpc) is 2.30. The molecule has 0 aliphatic heterocycles. The smallest absolute Gasteiger partial charge is 0.162 e. The summed E-state index contributed by atoms with van der Waals surface area (Å²) >= 11 is 0. The minimum atomic E-state index is -0.809. The van der Waals surface area contributed by atoms with Gasteiger partial charge >= 0.3 is 0 Å². The molecule has 1 aromatic carbocycles. The summed E-state index contributed by atoms with van der Waals surface area (Å²) in [6.45, 7) is 6.37. The van der Waals surface area contributed by atoms with E-state index in [1.807, 2.05) is 20.8 Å². The van der Waals surface area contributed by atoms with E-state index >= 15 is 0 Å². The Labute approximate surface area is 107 Å². The van der Waals surface area contributed by atoms with Crippen molar-refractivity contribution in [1.29, 1.82) is 0 Å². The van der Waals surface area contributed by atoms with Gasteiger partial charge in [0.05, 0.1) is 5.60 Å². The molecule has 0 aromatic heterocycles. The number of benzene rings is 1. The first-order chi connectivity index (χ1) is 8.42. The quantitative estimate of drug-likeness (QED) is 0.846. The number of ether oxygens (including phenoxy) is 1. The van der Waals surface area contributed by atoms with Crippen LogP contribution in [0.25, 0.3) is 0 Å². The van der Waals surface area contributed by atoms with E-state index in [4.69, 9.17) is 4.74 Å². The molecule has 0 heterocycles. The van der Waals surface area contributed by atoms with Crippen LogP contribution in [-0.2, 0) is 11.2 Å². The predicted molar refractivity (Wildman–Crippen MR) is 68.6 cm³/mol. The third-order valence-electron chi connectivity index (χ3n) is 3.16. The molecule has 1 aromatic rings. The molecule has 0 aliphatic rings. The maximum atomic E-state index is 13.6. The predicted octanol–water partition coefficient (Wildman–Crippen LogP) is 2.91. The summed E-state index contributed by atoms with van der Waals surface area (Å²) in [5.41, 5.74) is -0.0791. The van der Waals surface area contributed by atoms with Crippen molar-refractivity contribution in [1.82, 2.24) is 5.32 Å². The van der Waals surface area contributed by atoms with Crippen LogP contribution < -0.4 is 5.32 Å². The third kappa shape index (κ3) is 3.50. The van der Waals surface area contributed by atoms with Crippen molar-refractivity contribution in [2.24, 2.45) is 0 Å². The summed E-state index contributed by atoms with van der Waals surface area (Å²) in [6, 6.07) is 4.16. The zero-order chi connectivity index (χ0) is 13.8. The lowest BCUT2D eigenvalue weighted by atomic mass is 9.92. The Kier molecular flexibility index (Phi) is 5.23. The van der Waals surface area contributed by atoms with Crippen LogP contribution in [0.1, 0.15) is 26.3 Å². The van der Waals surface area contributed by atoms with E-state index in [-0.39, 0.29) is 6.04 Å². The van der Waals surface area contributed by atoms with Gasteiger partial charge in [-0.05, 0) is 45.9 Å². The first-order valence-corrected chi connectivity index (χ1v) is 6.16. The van der Waals surface area contributed by atoms with Gasteiger partial charge in [0.25, 0.3) is 0 Å². The second kappa shape index (κ2) is 6.25. The Morgan fingerprint density at radius 3 is 2.56 bits per heavy atom. The third-order valence-corrected chi connectivity index (χ3v) is 3.16. The summed E-state index contributed by atoms with van der Waals surface area (Å²) in [5.74, 6) is -1.58. The number of rotatable bonds is 6. The highest BCUT2D eigenvalue weighted by Gasteiger charge is 2.29. The van der Waals surface area contributed by atoms with E-state index < -0.39 is 17.2 Å². The van der Waals surface area contributed by atoms with Gasteiger partial charge in [0.1, 0.15) is 0 Å². The zero-order valence-electron chi connectivity index (χ0n) is 11.4. The Bertz CT molecular complexity index is 393. The molecule has 18 heavy (non-hydrogen) atoms. The van der Waals surface area contributed by atoms with E-state index in [1.165, 1.54) is 6.07 Å². The van der Waals surface area contributed by atoms with Crippen molar-refractivity contribution < 1.29 is 13.5 Å². The normalized spacial score (nSPS) is 13.7. The summed E-state index contributed by atoms with van der Waals surface area (Å²) < 4.78 is 32.4. The Hall–Kier alpha value is -1.00. The molecule has 0 aliphatic carbocycles. The highest BCUT2D eigenvalue weighted by Crippen LogP contribution is 2.21. The summed E-state index contributed by atoms with van der Waals surface area (Å²) in [7, 11) is 1.79. The largest absolute Gasteiger partial charge is 0.374 e. The first-order valence-electron chi connectivity index (χ1n) is 6.16. The van der Waals surface area contributed by atoms with Gasteiger partial charge in [-0.3, -0.25) is 0 Å². The topological polar surface area (TPSA) is 21.3 Å². The molecule has 0 bridgehead atoms. The van der Waals surface area contributed by atoms with Crippen molar-refractivity contribution in [2.75, 3.05) is 13.7 Å². The summed E-state index contributed by atoms with van der Waals surface area (Å²) in [6.07, 6.45) is 0.382. The molecule has 4 heteroatoms. The number of nitrogens with one attached hydrogen (secondary N) is 1. The van der Waals surface area contributed by atoms with Gasteiger partial charge in [-0.15, -0.1) is 0 Å². The van der Waals surface area contributed by atoms with Gasteiger partial charge in [-0.25, -0.2) is 8.78 Å². The van der Waals surface area contributed by atoms with Crippen LogP contribution in [0.2, 0.25) is 0 Å². The molecule has 0 amide bonds. The van der Waals surface area contributed by atoms with Crippen LogP contribution >= 0.6 is 0 Å². The minimum absolute atomic E-state index is 0.0891. The van der Waals surface area contributed by atoms with Gasteiger partial charge in [-0.2, -0.15) is 0 Å². The van der Waals surface area contributed by atoms with Crippen LogP contribution in [0.15, 0.2) is 18.2 Å². The molecule has 0 fully saturated rings. The van der Waals surface area contributed by atoms with Gasteiger partial charge in [-0.1, -0.05) is 12.1 Å². The zero-order valence-corrected chi connectivity index (χ0v) is 11.4. The van der Waals surface area contributed by atoms with E-state index in [9.17, 15) is 8.78 Å². The highest BCUT2D eigenvalue weighted by molar-refractivity contribution is 5.20. The fraction of sp³-hybridized carbons (Fsp3) is 0.571. The molecule has 0 saturated carbocycles. The lowest BCUT2D eigenvalue weighted by Crippen LogP contribution is -2.48. The van der Waals surface area contributed by atoms with Gasteiger partial charge in [0.2, 0.25) is 0 Å². The van der Waals surface area contributed by atoms with Crippen LogP contribution in [0.3, 0.4) is 0 Å². The molecule has 1 atom stereocenters. The molecule has 0 spiro atoms. The van der Waals surface area contributed by atoms with Crippen molar-refractivity contribution in [3.05, 3.63) is 35.4 Å². The van der Waals surface area contributed by atoms with Crippen molar-refractivity contribution in [3.63, 3.8) is 0 Å². The van der Waals surface area contributed by atoms with Gasteiger partial charge < -0.3 is 10.1 Å². The maximum Gasteiger partial charge on any atom is 0.162 e. The fourth-order valence-corrected chi connectivity index (χ4v) is 2.09. The Balaban J connectivity index is 2.89. The molecular weight excluding hydrogens is 236 g/mol. The monoisotopic (exact) mass is 257 g/mol. The number of halogens is 2. The maximum absolute atomic E-state index is 13.6. The second-order valence-electron chi connectivity index (χ2n) is 4.79. The van der Waals surface area contributed by atoms with Crippen molar-refractivity contribution in [2.45, 2.75) is 38.8 Å². The number of hydrogen-bond acceptors (Lipinski definition) is 2. The Morgan fingerprint density at radius 2 is 2.00 bits per heavy atom. The lowest BCUT2D eigenvalue weighted by Gasteiger charge is -2.34. The van der Waals surface area contributed by atoms with Gasteiger partial charge in [0.15, 0.2) is 11.6 Å². The lowest BCUT2D eigenvalue weighted by molar-refractivity contribution is -0.0365. The molecule has 1 unspecified atom stereocenters.